The average Bonchev–Trinajstić information content (AvgIpc) is 2.64. The van der Waals surface area contributed by atoms with Gasteiger partial charge >= 0.3 is 0 Å². The number of aliphatic hydroxyl groups is 1. The molecule has 4 atom stereocenters. The maximum absolute atomic E-state index is 14.4. The fraction of sp³-hybridized carbons (Fsp3) is 0.368. The standard InChI is InChI=1S/C19H17ClF2O4S/c20-10-1-4-12(5-2-10)27(24,25)19-14-9-11(23)3-6-13(14)17-15(21)7-8-16(22)18(17)26-19/h1-2,4-5,7-8,11,13-14,19,23H,3,6,9H2. The molecule has 1 aliphatic carbocycles. The molecule has 0 spiro atoms. The van der Waals surface area contributed by atoms with Gasteiger partial charge in [0.1, 0.15) is 5.82 Å². The van der Waals surface area contributed by atoms with E-state index in [1.54, 1.807) is 0 Å². The molecule has 0 amide bonds. The predicted octanol–water partition coefficient (Wildman–Crippen LogP) is 4.06. The van der Waals surface area contributed by atoms with Gasteiger partial charge in [0.15, 0.2) is 11.6 Å². The highest BCUT2D eigenvalue weighted by molar-refractivity contribution is 7.92. The molecule has 4 unspecified atom stereocenters. The van der Waals surface area contributed by atoms with E-state index >= 15 is 0 Å². The van der Waals surface area contributed by atoms with Crippen LogP contribution in [0.3, 0.4) is 0 Å². The average molecular weight is 415 g/mol. The van der Waals surface area contributed by atoms with Crippen LogP contribution in [0.2, 0.25) is 5.02 Å². The van der Waals surface area contributed by atoms with Crippen molar-refractivity contribution in [3.8, 4) is 5.75 Å². The zero-order valence-electron chi connectivity index (χ0n) is 14.1. The van der Waals surface area contributed by atoms with Crippen molar-refractivity contribution in [1.82, 2.24) is 0 Å². The van der Waals surface area contributed by atoms with Crippen LogP contribution < -0.4 is 4.74 Å². The molecule has 1 heterocycles. The second-order valence-corrected chi connectivity index (χ2v) is 9.46. The van der Waals surface area contributed by atoms with E-state index in [0.717, 1.165) is 12.1 Å². The molecule has 1 aliphatic heterocycles. The van der Waals surface area contributed by atoms with E-state index in [1.807, 2.05) is 0 Å². The normalized spacial score (nSPS) is 27.4. The molecule has 0 aromatic heterocycles. The van der Waals surface area contributed by atoms with E-state index in [1.165, 1.54) is 24.3 Å². The molecule has 2 aromatic carbocycles. The lowest BCUT2D eigenvalue weighted by molar-refractivity contribution is 0.0396. The number of aliphatic hydroxyl groups excluding tert-OH is 1. The molecule has 0 radical (unpaired) electrons. The van der Waals surface area contributed by atoms with Crippen molar-refractivity contribution in [1.29, 1.82) is 0 Å². The van der Waals surface area contributed by atoms with E-state index in [4.69, 9.17) is 16.3 Å². The Morgan fingerprint density at radius 3 is 2.41 bits per heavy atom. The summed E-state index contributed by atoms with van der Waals surface area (Å²) in [4.78, 5) is -0.0176. The Morgan fingerprint density at radius 2 is 1.70 bits per heavy atom. The summed E-state index contributed by atoms with van der Waals surface area (Å²) < 4.78 is 60.8. The minimum absolute atomic E-state index is 0.0176. The number of halogens is 3. The molecular weight excluding hydrogens is 398 g/mol. The number of rotatable bonds is 2. The highest BCUT2D eigenvalue weighted by atomic mass is 35.5. The molecule has 0 saturated heterocycles. The van der Waals surface area contributed by atoms with Crippen LogP contribution in [-0.2, 0) is 9.84 Å². The molecule has 0 bridgehead atoms. The Kier molecular flexibility index (Phi) is 4.64. The molecule has 8 heteroatoms. The fourth-order valence-corrected chi connectivity index (χ4v) is 6.00. The Morgan fingerprint density at radius 1 is 1.04 bits per heavy atom. The topological polar surface area (TPSA) is 63.6 Å². The first-order valence-electron chi connectivity index (χ1n) is 8.61. The minimum Gasteiger partial charge on any atom is -0.470 e. The van der Waals surface area contributed by atoms with Crippen molar-refractivity contribution in [3.63, 3.8) is 0 Å². The summed E-state index contributed by atoms with van der Waals surface area (Å²) in [6, 6.07) is 7.54. The molecule has 4 nitrogen and oxygen atoms in total. The molecule has 1 saturated carbocycles. The predicted molar refractivity (Wildman–Crippen MR) is 95.5 cm³/mol. The Hall–Kier alpha value is -1.70. The van der Waals surface area contributed by atoms with Crippen LogP contribution in [0.15, 0.2) is 41.3 Å². The first-order valence-corrected chi connectivity index (χ1v) is 10.5. The van der Waals surface area contributed by atoms with Crippen molar-refractivity contribution in [2.24, 2.45) is 5.92 Å². The summed E-state index contributed by atoms with van der Waals surface area (Å²) in [7, 11) is -4.03. The number of fused-ring (bicyclic) bond motifs is 3. The molecule has 2 aliphatic rings. The third kappa shape index (κ3) is 3.11. The monoisotopic (exact) mass is 414 g/mol. The SMILES string of the molecule is O=S(=O)(c1ccc(Cl)cc1)C1Oc2c(F)ccc(F)c2C2CCC(O)CC21. The maximum atomic E-state index is 14.4. The van der Waals surface area contributed by atoms with Crippen molar-refractivity contribution in [2.75, 3.05) is 0 Å². The molecule has 4 rings (SSSR count). The zero-order chi connectivity index (χ0) is 19.3. The van der Waals surface area contributed by atoms with Gasteiger partial charge in [0.2, 0.25) is 15.3 Å². The van der Waals surface area contributed by atoms with Crippen molar-refractivity contribution < 1.29 is 27.0 Å². The van der Waals surface area contributed by atoms with E-state index < -0.39 is 44.8 Å². The van der Waals surface area contributed by atoms with Gasteiger partial charge in [-0.25, -0.2) is 17.2 Å². The third-order valence-electron chi connectivity index (χ3n) is 5.37. The van der Waals surface area contributed by atoms with E-state index in [0.29, 0.717) is 17.9 Å². The summed E-state index contributed by atoms with van der Waals surface area (Å²) in [6.07, 6.45) is 0.174. The highest BCUT2D eigenvalue weighted by Gasteiger charge is 2.49. The van der Waals surface area contributed by atoms with Gasteiger partial charge in [-0.3, -0.25) is 0 Å². The highest BCUT2D eigenvalue weighted by Crippen LogP contribution is 2.51. The largest absolute Gasteiger partial charge is 0.470 e. The smallest absolute Gasteiger partial charge is 0.216 e. The van der Waals surface area contributed by atoms with Gasteiger partial charge in [-0.15, -0.1) is 0 Å². The lowest BCUT2D eigenvalue weighted by Gasteiger charge is -2.43. The zero-order valence-corrected chi connectivity index (χ0v) is 15.7. The van der Waals surface area contributed by atoms with Crippen LogP contribution in [0.25, 0.3) is 0 Å². The molecule has 2 aromatic rings. The van der Waals surface area contributed by atoms with Crippen LogP contribution in [0.5, 0.6) is 5.75 Å². The van der Waals surface area contributed by atoms with Gasteiger partial charge in [-0.2, -0.15) is 0 Å². The first kappa shape index (κ1) is 18.7. The Balaban J connectivity index is 1.85. The van der Waals surface area contributed by atoms with Gasteiger partial charge in [0, 0.05) is 16.5 Å². The van der Waals surface area contributed by atoms with Crippen molar-refractivity contribution in [3.05, 3.63) is 58.6 Å². The van der Waals surface area contributed by atoms with E-state index in [2.05, 4.69) is 0 Å². The summed E-state index contributed by atoms with van der Waals surface area (Å²) in [6.45, 7) is 0. The van der Waals surface area contributed by atoms with Crippen LogP contribution >= 0.6 is 11.6 Å². The molecular formula is C19H17ClF2O4S. The maximum Gasteiger partial charge on any atom is 0.216 e. The first-order chi connectivity index (χ1) is 12.8. The lowest BCUT2D eigenvalue weighted by atomic mass is 9.73. The van der Waals surface area contributed by atoms with Crippen LogP contribution in [0.4, 0.5) is 8.78 Å². The Bertz CT molecular complexity index is 978. The fourth-order valence-electron chi connectivity index (χ4n) is 4.11. The second kappa shape index (κ2) is 6.72. The number of ether oxygens (including phenoxy) is 1. The lowest BCUT2D eigenvalue weighted by Crippen LogP contribution is -2.46. The molecule has 1 fully saturated rings. The number of benzene rings is 2. The number of sulfone groups is 1. The summed E-state index contributed by atoms with van der Waals surface area (Å²) in [5.41, 5.74) is -1.35. The van der Waals surface area contributed by atoms with Gasteiger partial charge in [0.05, 0.1) is 11.0 Å². The van der Waals surface area contributed by atoms with Gasteiger partial charge in [-0.05, 0) is 61.6 Å². The summed E-state index contributed by atoms with van der Waals surface area (Å²) in [5.74, 6) is -3.00. The molecule has 1 N–H and O–H groups in total. The number of hydrogen-bond acceptors (Lipinski definition) is 4. The van der Waals surface area contributed by atoms with Gasteiger partial charge < -0.3 is 9.84 Å². The van der Waals surface area contributed by atoms with Crippen LogP contribution in [-0.4, -0.2) is 25.1 Å². The molecule has 27 heavy (non-hydrogen) atoms. The van der Waals surface area contributed by atoms with Gasteiger partial charge in [-0.1, -0.05) is 11.6 Å². The third-order valence-corrected chi connectivity index (χ3v) is 7.61. The van der Waals surface area contributed by atoms with E-state index in [-0.39, 0.29) is 22.6 Å². The summed E-state index contributed by atoms with van der Waals surface area (Å²) >= 11 is 5.83. The van der Waals surface area contributed by atoms with Crippen LogP contribution in [0.1, 0.15) is 30.7 Å². The van der Waals surface area contributed by atoms with Gasteiger partial charge in [0.25, 0.3) is 0 Å². The van der Waals surface area contributed by atoms with Crippen LogP contribution in [0, 0.1) is 17.6 Å². The van der Waals surface area contributed by atoms with E-state index in [9.17, 15) is 22.3 Å². The van der Waals surface area contributed by atoms with Crippen molar-refractivity contribution in [2.45, 2.75) is 41.6 Å². The number of hydrogen-bond donors (Lipinski definition) is 1. The van der Waals surface area contributed by atoms with Crippen molar-refractivity contribution >= 4 is 21.4 Å². The Labute approximate surface area is 160 Å². The second-order valence-electron chi connectivity index (χ2n) is 6.99. The minimum atomic E-state index is -4.03. The summed E-state index contributed by atoms with van der Waals surface area (Å²) in [5, 5.41) is 10.5. The quantitative estimate of drug-likeness (QED) is 0.805. The molecule has 144 valence electrons.